The minimum Gasteiger partial charge on any atom is -0.300 e. The van der Waals surface area contributed by atoms with Crippen LogP contribution in [0.15, 0.2) is 19.9 Å². The molecular formula is C10H7BrF3N3OS2. The zero-order valence-electron chi connectivity index (χ0n) is 9.92. The molecule has 108 valence electrons. The summed E-state index contributed by atoms with van der Waals surface area (Å²) in [5.74, 6) is 0.401. The SMILES string of the molecule is Cc1ncsc1CSc1nc(C(F)(F)F)c(Br)c(=O)[nH]1. The third kappa shape index (κ3) is 3.41. The molecule has 2 rings (SSSR count). The van der Waals surface area contributed by atoms with Crippen LogP contribution < -0.4 is 5.56 Å². The lowest BCUT2D eigenvalue weighted by Gasteiger charge is -2.09. The standard InChI is InChI=1S/C10H7BrF3N3OS2/c1-4-5(20-3-15-4)2-19-9-16-7(10(12,13)14)6(11)8(18)17-9/h3H,2H2,1H3,(H,16,17,18). The normalized spacial score (nSPS) is 11.8. The van der Waals surface area contributed by atoms with Gasteiger partial charge in [-0.2, -0.15) is 13.2 Å². The summed E-state index contributed by atoms with van der Waals surface area (Å²) in [6, 6.07) is 0. The van der Waals surface area contributed by atoms with Crippen LogP contribution in [0, 0.1) is 6.92 Å². The Balaban J connectivity index is 2.27. The molecule has 0 unspecified atom stereocenters. The summed E-state index contributed by atoms with van der Waals surface area (Å²) in [5, 5.41) is -0.0710. The quantitative estimate of drug-likeness (QED) is 0.647. The number of thioether (sulfide) groups is 1. The minimum atomic E-state index is -4.68. The maximum absolute atomic E-state index is 12.7. The van der Waals surface area contributed by atoms with Gasteiger partial charge in [0.25, 0.3) is 5.56 Å². The van der Waals surface area contributed by atoms with Gasteiger partial charge >= 0.3 is 6.18 Å². The molecule has 0 atom stereocenters. The highest BCUT2D eigenvalue weighted by Crippen LogP contribution is 2.33. The van der Waals surface area contributed by atoms with Crippen molar-refractivity contribution in [3.63, 3.8) is 0 Å². The molecule has 0 aliphatic carbocycles. The minimum absolute atomic E-state index is 0.0710. The molecule has 0 fully saturated rings. The van der Waals surface area contributed by atoms with Crippen molar-refractivity contribution in [2.75, 3.05) is 0 Å². The molecule has 0 amide bonds. The maximum Gasteiger partial charge on any atom is 0.434 e. The van der Waals surface area contributed by atoms with E-state index in [1.54, 1.807) is 5.51 Å². The number of rotatable bonds is 3. The first-order chi connectivity index (χ1) is 9.29. The van der Waals surface area contributed by atoms with Crippen molar-refractivity contribution in [2.24, 2.45) is 0 Å². The number of halogens is 4. The predicted octanol–water partition coefficient (Wildman–Crippen LogP) is 3.61. The average Bonchev–Trinajstić information content (AvgIpc) is 2.75. The van der Waals surface area contributed by atoms with Gasteiger partial charge in [0.05, 0.1) is 11.2 Å². The van der Waals surface area contributed by atoms with Gasteiger partial charge in [0.15, 0.2) is 10.9 Å². The van der Waals surface area contributed by atoms with E-state index < -0.39 is 21.9 Å². The van der Waals surface area contributed by atoms with Crippen LogP contribution >= 0.6 is 39.0 Å². The Bertz CT molecular complexity index is 683. The Labute approximate surface area is 128 Å². The van der Waals surface area contributed by atoms with Gasteiger partial charge in [0.1, 0.15) is 4.47 Å². The number of nitrogens with zero attached hydrogens (tertiary/aromatic N) is 2. The molecule has 2 heterocycles. The molecular weight excluding hydrogens is 379 g/mol. The number of H-pyrrole nitrogens is 1. The fourth-order valence-electron chi connectivity index (χ4n) is 1.29. The van der Waals surface area contributed by atoms with Crippen molar-refractivity contribution in [1.82, 2.24) is 15.0 Å². The summed E-state index contributed by atoms with van der Waals surface area (Å²) in [7, 11) is 0. The van der Waals surface area contributed by atoms with Gasteiger partial charge in [-0.15, -0.1) is 11.3 Å². The van der Waals surface area contributed by atoms with Crippen molar-refractivity contribution in [1.29, 1.82) is 0 Å². The van der Waals surface area contributed by atoms with Crippen LogP contribution in [-0.2, 0) is 11.9 Å². The third-order valence-electron chi connectivity index (χ3n) is 2.29. The summed E-state index contributed by atoms with van der Waals surface area (Å²) in [6.45, 7) is 1.81. The molecule has 0 saturated heterocycles. The first kappa shape index (κ1) is 15.5. The van der Waals surface area contributed by atoms with E-state index in [-0.39, 0.29) is 5.16 Å². The Morgan fingerprint density at radius 2 is 2.20 bits per heavy atom. The maximum atomic E-state index is 12.7. The molecule has 0 aromatic carbocycles. The summed E-state index contributed by atoms with van der Waals surface area (Å²) in [5.41, 5.74) is 0.406. The molecule has 20 heavy (non-hydrogen) atoms. The van der Waals surface area contributed by atoms with Crippen LogP contribution in [0.3, 0.4) is 0 Å². The molecule has 4 nitrogen and oxygen atoms in total. The second-order valence-electron chi connectivity index (χ2n) is 3.68. The summed E-state index contributed by atoms with van der Waals surface area (Å²) in [6.07, 6.45) is -4.68. The average molecular weight is 386 g/mol. The second kappa shape index (κ2) is 5.86. The van der Waals surface area contributed by atoms with Crippen molar-refractivity contribution >= 4 is 39.0 Å². The molecule has 0 saturated carbocycles. The Hall–Kier alpha value is -0.870. The first-order valence-electron chi connectivity index (χ1n) is 5.18. The summed E-state index contributed by atoms with van der Waals surface area (Å²) >= 11 is 5.04. The van der Waals surface area contributed by atoms with E-state index in [1.165, 1.54) is 11.3 Å². The summed E-state index contributed by atoms with van der Waals surface area (Å²) in [4.78, 5) is 22.2. The number of aromatic amines is 1. The van der Waals surface area contributed by atoms with Crippen molar-refractivity contribution in [3.8, 4) is 0 Å². The molecule has 2 aromatic heterocycles. The monoisotopic (exact) mass is 385 g/mol. The highest BCUT2D eigenvalue weighted by molar-refractivity contribution is 9.10. The number of hydrogen-bond donors (Lipinski definition) is 1. The first-order valence-corrected chi connectivity index (χ1v) is 7.83. The molecule has 0 bridgehead atoms. The molecule has 0 spiro atoms. The highest BCUT2D eigenvalue weighted by atomic mass is 79.9. The third-order valence-corrected chi connectivity index (χ3v) is 5.05. The van der Waals surface area contributed by atoms with Gasteiger partial charge in [0.2, 0.25) is 0 Å². The Morgan fingerprint density at radius 3 is 2.75 bits per heavy atom. The van der Waals surface area contributed by atoms with Gasteiger partial charge in [-0.3, -0.25) is 4.79 Å². The lowest BCUT2D eigenvalue weighted by molar-refractivity contribution is -0.142. The van der Waals surface area contributed by atoms with Crippen molar-refractivity contribution in [3.05, 3.63) is 36.6 Å². The molecule has 0 aliphatic heterocycles. The van der Waals surface area contributed by atoms with E-state index in [9.17, 15) is 18.0 Å². The van der Waals surface area contributed by atoms with Crippen LogP contribution in [0.1, 0.15) is 16.3 Å². The number of thiazole rings is 1. The number of hydrogen-bond acceptors (Lipinski definition) is 5. The van der Waals surface area contributed by atoms with Gasteiger partial charge in [-0.25, -0.2) is 9.97 Å². The second-order valence-corrected chi connectivity index (χ2v) is 6.38. The lowest BCUT2D eigenvalue weighted by Crippen LogP contribution is -2.19. The molecule has 2 aromatic rings. The largest absolute Gasteiger partial charge is 0.434 e. The zero-order valence-corrected chi connectivity index (χ0v) is 13.1. The van der Waals surface area contributed by atoms with Crippen LogP contribution in [0.2, 0.25) is 0 Å². The fraction of sp³-hybridized carbons (Fsp3) is 0.300. The van der Waals surface area contributed by atoms with E-state index in [2.05, 4.69) is 30.9 Å². The van der Waals surface area contributed by atoms with Crippen LogP contribution in [0.5, 0.6) is 0 Å². The van der Waals surface area contributed by atoms with E-state index in [0.29, 0.717) is 5.75 Å². The van der Waals surface area contributed by atoms with Crippen molar-refractivity contribution < 1.29 is 13.2 Å². The number of aryl methyl sites for hydroxylation is 1. The van der Waals surface area contributed by atoms with Gasteiger partial charge in [0, 0.05) is 10.6 Å². The van der Waals surface area contributed by atoms with Crippen LogP contribution in [0.4, 0.5) is 13.2 Å². The topological polar surface area (TPSA) is 58.6 Å². The zero-order chi connectivity index (χ0) is 14.9. The molecule has 0 radical (unpaired) electrons. The van der Waals surface area contributed by atoms with Gasteiger partial charge < -0.3 is 4.98 Å². The number of aromatic nitrogens is 3. The fourth-order valence-corrected chi connectivity index (χ4v) is 3.51. The predicted molar refractivity (Wildman–Crippen MR) is 74.0 cm³/mol. The van der Waals surface area contributed by atoms with Crippen LogP contribution in [-0.4, -0.2) is 15.0 Å². The molecule has 1 N–H and O–H groups in total. The van der Waals surface area contributed by atoms with Gasteiger partial charge in [-0.1, -0.05) is 11.8 Å². The van der Waals surface area contributed by atoms with Crippen LogP contribution in [0.25, 0.3) is 0 Å². The van der Waals surface area contributed by atoms with Gasteiger partial charge in [-0.05, 0) is 22.9 Å². The Morgan fingerprint density at radius 1 is 1.50 bits per heavy atom. The van der Waals surface area contributed by atoms with E-state index >= 15 is 0 Å². The Kier molecular flexibility index (Phi) is 4.55. The number of nitrogens with one attached hydrogen (secondary N) is 1. The van der Waals surface area contributed by atoms with E-state index in [0.717, 1.165) is 22.3 Å². The molecule has 10 heteroatoms. The van der Waals surface area contributed by atoms with Crippen molar-refractivity contribution in [2.45, 2.75) is 24.0 Å². The highest BCUT2D eigenvalue weighted by Gasteiger charge is 2.36. The lowest BCUT2D eigenvalue weighted by atomic mass is 10.4. The van der Waals surface area contributed by atoms with E-state index in [1.807, 2.05) is 6.92 Å². The number of alkyl halides is 3. The smallest absolute Gasteiger partial charge is 0.300 e. The van der Waals surface area contributed by atoms with E-state index in [4.69, 9.17) is 0 Å². The molecule has 0 aliphatic rings. The summed E-state index contributed by atoms with van der Waals surface area (Å²) < 4.78 is 37.6.